The second-order valence-corrected chi connectivity index (χ2v) is 2.75. The first kappa shape index (κ1) is 7.66. The van der Waals surface area contributed by atoms with Crippen molar-refractivity contribution in [1.82, 2.24) is 19.7 Å². The van der Waals surface area contributed by atoms with Crippen molar-refractivity contribution in [2.45, 2.75) is 6.92 Å². The fraction of sp³-hybridized carbons (Fsp3) is 0.143. The van der Waals surface area contributed by atoms with Crippen molar-refractivity contribution in [2.75, 3.05) is 5.73 Å². The average molecular weight is 179 g/mol. The number of aromatic amines is 2. The molecule has 0 radical (unpaired) electrons. The van der Waals surface area contributed by atoms with Gasteiger partial charge in [-0.25, -0.2) is 4.98 Å². The normalized spacial score (nSPS) is 10.5. The highest BCUT2D eigenvalue weighted by atomic mass is 16.1. The molecule has 4 N–H and O–H groups in total. The molecule has 0 aliphatic heterocycles. The summed E-state index contributed by atoms with van der Waals surface area (Å²) in [5.74, 6) is 0.766. The van der Waals surface area contributed by atoms with E-state index in [9.17, 15) is 4.79 Å². The Morgan fingerprint density at radius 3 is 2.85 bits per heavy atom. The number of hydrogen-bond acceptors (Lipinski definition) is 3. The average Bonchev–Trinajstić information content (AvgIpc) is 2.58. The summed E-state index contributed by atoms with van der Waals surface area (Å²) in [5, 5.41) is 2.83. The number of nitrogens with zero attached hydrogens (tertiary/aromatic N) is 2. The number of rotatable bonds is 1. The zero-order chi connectivity index (χ0) is 9.42. The molecule has 0 aromatic carbocycles. The van der Waals surface area contributed by atoms with Crippen molar-refractivity contribution in [2.24, 2.45) is 0 Å². The van der Waals surface area contributed by atoms with E-state index in [1.807, 2.05) is 0 Å². The van der Waals surface area contributed by atoms with Crippen molar-refractivity contribution >= 4 is 5.82 Å². The zero-order valence-corrected chi connectivity index (χ0v) is 7.03. The lowest BCUT2D eigenvalue weighted by atomic mass is 10.5. The summed E-state index contributed by atoms with van der Waals surface area (Å²) in [6.07, 6.45) is 1.44. The van der Waals surface area contributed by atoms with E-state index in [0.29, 0.717) is 11.6 Å². The highest BCUT2D eigenvalue weighted by molar-refractivity contribution is 5.45. The maximum absolute atomic E-state index is 11.3. The van der Waals surface area contributed by atoms with Gasteiger partial charge in [-0.2, -0.15) is 4.68 Å². The molecule has 13 heavy (non-hydrogen) atoms. The number of nitrogen functional groups attached to an aromatic ring is 1. The van der Waals surface area contributed by atoms with Gasteiger partial charge in [-0.1, -0.05) is 0 Å². The van der Waals surface area contributed by atoms with Crippen LogP contribution >= 0.6 is 0 Å². The van der Waals surface area contributed by atoms with Crippen LogP contribution in [0.15, 0.2) is 17.2 Å². The molecule has 2 aromatic heterocycles. The Hall–Kier alpha value is -1.98. The molecule has 0 aliphatic rings. The standard InChI is InChI=1S/C7H9N5O/c1-4-2-5(13)12(11-4)7-6(8)9-3-10-7/h2-3,11H,8H2,1H3,(H,9,10). The van der Waals surface area contributed by atoms with Crippen molar-refractivity contribution in [3.05, 3.63) is 28.4 Å². The lowest BCUT2D eigenvalue weighted by molar-refractivity contribution is 0.815. The minimum Gasteiger partial charge on any atom is -0.382 e. The third kappa shape index (κ3) is 1.12. The highest BCUT2D eigenvalue weighted by Gasteiger charge is 2.07. The maximum atomic E-state index is 11.3. The number of anilines is 1. The minimum atomic E-state index is -0.170. The molecule has 0 unspecified atom stereocenters. The van der Waals surface area contributed by atoms with Gasteiger partial charge >= 0.3 is 0 Å². The molecule has 2 rings (SSSR count). The van der Waals surface area contributed by atoms with Crippen molar-refractivity contribution in [3.63, 3.8) is 0 Å². The van der Waals surface area contributed by atoms with Gasteiger partial charge in [-0.05, 0) is 6.92 Å². The summed E-state index contributed by atoms with van der Waals surface area (Å²) in [5.41, 5.74) is 6.15. The minimum absolute atomic E-state index is 0.170. The number of nitrogens with two attached hydrogens (primary N) is 1. The van der Waals surface area contributed by atoms with Crippen LogP contribution in [0.3, 0.4) is 0 Å². The van der Waals surface area contributed by atoms with Crippen LogP contribution < -0.4 is 11.3 Å². The molecule has 0 spiro atoms. The molecule has 0 fully saturated rings. The summed E-state index contributed by atoms with van der Waals surface area (Å²) in [4.78, 5) is 17.9. The number of H-pyrrole nitrogens is 2. The zero-order valence-electron chi connectivity index (χ0n) is 7.03. The number of imidazole rings is 1. The van der Waals surface area contributed by atoms with E-state index in [4.69, 9.17) is 5.73 Å². The molecule has 2 heterocycles. The number of nitrogens with one attached hydrogen (secondary N) is 2. The first-order valence-electron chi connectivity index (χ1n) is 3.76. The van der Waals surface area contributed by atoms with E-state index >= 15 is 0 Å². The second-order valence-electron chi connectivity index (χ2n) is 2.75. The van der Waals surface area contributed by atoms with Crippen LogP contribution in [0, 0.1) is 6.92 Å². The van der Waals surface area contributed by atoms with Crippen LogP contribution in [0.1, 0.15) is 5.69 Å². The predicted molar refractivity (Wildman–Crippen MR) is 47.7 cm³/mol. The molecule has 0 bridgehead atoms. The van der Waals surface area contributed by atoms with Gasteiger partial charge < -0.3 is 10.7 Å². The van der Waals surface area contributed by atoms with E-state index in [-0.39, 0.29) is 5.56 Å². The van der Waals surface area contributed by atoms with Crippen LogP contribution in [-0.2, 0) is 0 Å². The number of aromatic nitrogens is 4. The van der Waals surface area contributed by atoms with Crippen LogP contribution in [-0.4, -0.2) is 19.7 Å². The van der Waals surface area contributed by atoms with Crippen LogP contribution in [0.4, 0.5) is 5.82 Å². The predicted octanol–water partition coefficient (Wildman–Crippen LogP) is -0.221. The summed E-state index contributed by atoms with van der Waals surface area (Å²) < 4.78 is 1.29. The quantitative estimate of drug-likeness (QED) is 0.565. The van der Waals surface area contributed by atoms with Crippen LogP contribution in [0.2, 0.25) is 0 Å². The Morgan fingerprint density at radius 2 is 2.38 bits per heavy atom. The summed E-state index contributed by atoms with van der Waals surface area (Å²) in [6, 6.07) is 1.48. The first-order valence-corrected chi connectivity index (χ1v) is 3.76. The smallest absolute Gasteiger partial charge is 0.272 e. The Bertz CT molecular complexity index is 477. The van der Waals surface area contributed by atoms with Gasteiger partial charge in [0.25, 0.3) is 5.56 Å². The van der Waals surface area contributed by atoms with Gasteiger partial charge in [0.05, 0.1) is 6.33 Å². The van der Waals surface area contributed by atoms with Crippen molar-refractivity contribution in [3.8, 4) is 5.82 Å². The summed E-state index contributed by atoms with van der Waals surface area (Å²) >= 11 is 0. The van der Waals surface area contributed by atoms with Gasteiger partial charge in [0.2, 0.25) is 0 Å². The number of hydrogen-bond donors (Lipinski definition) is 3. The summed E-state index contributed by atoms with van der Waals surface area (Å²) in [6.45, 7) is 1.79. The van der Waals surface area contributed by atoms with Gasteiger partial charge in [0, 0.05) is 11.8 Å². The molecule has 0 atom stereocenters. The molecule has 6 nitrogen and oxygen atoms in total. The largest absolute Gasteiger partial charge is 0.382 e. The van der Waals surface area contributed by atoms with Crippen LogP contribution in [0.5, 0.6) is 0 Å². The van der Waals surface area contributed by atoms with E-state index < -0.39 is 0 Å². The van der Waals surface area contributed by atoms with Gasteiger partial charge in [-0.15, -0.1) is 0 Å². The van der Waals surface area contributed by atoms with Gasteiger partial charge in [0.15, 0.2) is 5.82 Å². The first-order chi connectivity index (χ1) is 6.18. The lowest BCUT2D eigenvalue weighted by Crippen LogP contribution is -2.15. The van der Waals surface area contributed by atoms with E-state index in [1.165, 1.54) is 17.1 Å². The fourth-order valence-electron chi connectivity index (χ4n) is 1.15. The van der Waals surface area contributed by atoms with E-state index in [1.54, 1.807) is 6.92 Å². The van der Waals surface area contributed by atoms with Crippen molar-refractivity contribution < 1.29 is 0 Å². The second kappa shape index (κ2) is 2.51. The molecular formula is C7H9N5O. The molecule has 6 heteroatoms. The molecule has 0 saturated heterocycles. The molecule has 68 valence electrons. The molecular weight excluding hydrogens is 170 g/mol. The fourth-order valence-corrected chi connectivity index (χ4v) is 1.15. The summed E-state index contributed by atoms with van der Waals surface area (Å²) in [7, 11) is 0. The monoisotopic (exact) mass is 179 g/mol. The maximum Gasteiger partial charge on any atom is 0.272 e. The lowest BCUT2D eigenvalue weighted by Gasteiger charge is -1.96. The Balaban J connectivity index is 2.65. The molecule has 0 amide bonds. The number of aryl methyl sites for hydroxylation is 1. The molecule has 0 aliphatic carbocycles. The Morgan fingerprint density at radius 1 is 1.62 bits per heavy atom. The van der Waals surface area contributed by atoms with E-state index in [2.05, 4.69) is 15.1 Å². The molecule has 2 aromatic rings. The van der Waals surface area contributed by atoms with Gasteiger partial charge in [0.1, 0.15) is 5.82 Å². The Kier molecular flexibility index (Phi) is 1.48. The van der Waals surface area contributed by atoms with Crippen LogP contribution in [0.25, 0.3) is 5.82 Å². The van der Waals surface area contributed by atoms with E-state index in [0.717, 1.165) is 5.69 Å². The third-order valence-electron chi connectivity index (χ3n) is 1.71. The third-order valence-corrected chi connectivity index (χ3v) is 1.71. The SMILES string of the molecule is Cc1cc(=O)n(-c2nc[nH]c2N)[nH]1. The van der Waals surface area contributed by atoms with Gasteiger partial charge in [-0.3, -0.25) is 9.89 Å². The Labute approximate surface area is 73.4 Å². The molecule has 0 saturated carbocycles. The highest BCUT2D eigenvalue weighted by Crippen LogP contribution is 2.07. The topological polar surface area (TPSA) is 92.5 Å². The van der Waals surface area contributed by atoms with Crippen molar-refractivity contribution in [1.29, 1.82) is 0 Å².